The van der Waals surface area contributed by atoms with Crippen LogP contribution in [0.1, 0.15) is 6.42 Å². The van der Waals surface area contributed by atoms with Crippen molar-refractivity contribution in [2.24, 2.45) is 0 Å². The zero-order chi connectivity index (χ0) is 20.7. The Kier molecular flexibility index (Phi) is 6.91. The van der Waals surface area contributed by atoms with Gasteiger partial charge in [0.25, 0.3) is 5.91 Å². The van der Waals surface area contributed by atoms with Gasteiger partial charge >= 0.3 is 0 Å². The zero-order valence-corrected chi connectivity index (χ0v) is 16.7. The normalized spacial score (nSPS) is 12.6. The number of hydrogen-bond donors (Lipinski definition) is 2. The number of ether oxygens (including phenoxy) is 4. The molecule has 0 spiro atoms. The second-order valence-electron chi connectivity index (χ2n) is 6.12. The van der Waals surface area contributed by atoms with E-state index in [4.69, 9.17) is 18.9 Å². The number of methoxy groups -OCH3 is 1. The smallest absolute Gasteiger partial charge is 0.262 e. The first-order valence-electron chi connectivity index (χ1n) is 8.89. The van der Waals surface area contributed by atoms with Gasteiger partial charge in [-0.25, -0.2) is 13.1 Å². The number of rotatable bonds is 10. The van der Waals surface area contributed by atoms with E-state index >= 15 is 0 Å². The zero-order valence-electron chi connectivity index (χ0n) is 15.8. The summed E-state index contributed by atoms with van der Waals surface area (Å²) in [6, 6.07) is 10.9. The fourth-order valence-electron chi connectivity index (χ4n) is 2.54. The lowest BCUT2D eigenvalue weighted by atomic mass is 10.3. The number of nitrogens with one attached hydrogen (secondary N) is 2. The first-order valence-corrected chi connectivity index (χ1v) is 10.4. The maximum Gasteiger partial charge on any atom is 0.262 e. The molecule has 9 nitrogen and oxygen atoms in total. The number of fused-ring (bicyclic) bond motifs is 1. The van der Waals surface area contributed by atoms with Gasteiger partial charge in [-0.15, -0.1) is 0 Å². The van der Waals surface area contributed by atoms with Gasteiger partial charge in [0.05, 0.1) is 4.90 Å². The number of anilines is 1. The van der Waals surface area contributed by atoms with Crippen LogP contribution in [-0.2, 0) is 19.6 Å². The molecule has 0 aromatic heterocycles. The predicted molar refractivity (Wildman–Crippen MR) is 105 cm³/mol. The van der Waals surface area contributed by atoms with Gasteiger partial charge in [-0.3, -0.25) is 4.79 Å². The lowest BCUT2D eigenvalue weighted by molar-refractivity contribution is -0.118. The number of benzene rings is 2. The Morgan fingerprint density at radius 3 is 2.62 bits per heavy atom. The third-order valence-electron chi connectivity index (χ3n) is 3.98. The molecular weight excluding hydrogens is 400 g/mol. The van der Waals surface area contributed by atoms with Crippen LogP contribution in [0.3, 0.4) is 0 Å². The molecular formula is C19H22N2O7S. The quantitative estimate of drug-likeness (QED) is 0.561. The average molecular weight is 422 g/mol. The molecule has 2 N–H and O–H groups in total. The van der Waals surface area contributed by atoms with Gasteiger partial charge in [0.1, 0.15) is 5.75 Å². The van der Waals surface area contributed by atoms with Crippen molar-refractivity contribution < 1.29 is 32.2 Å². The van der Waals surface area contributed by atoms with Gasteiger partial charge in [0, 0.05) is 32.0 Å². The highest BCUT2D eigenvalue weighted by Crippen LogP contribution is 2.35. The molecule has 2 aromatic rings. The number of hydrogen-bond acceptors (Lipinski definition) is 7. The predicted octanol–water partition coefficient (Wildman–Crippen LogP) is 1.75. The van der Waals surface area contributed by atoms with Gasteiger partial charge in [0.15, 0.2) is 18.1 Å². The minimum atomic E-state index is -3.60. The van der Waals surface area contributed by atoms with Crippen molar-refractivity contribution in [2.75, 3.05) is 39.0 Å². The average Bonchev–Trinajstić information content (AvgIpc) is 3.18. The van der Waals surface area contributed by atoms with E-state index in [2.05, 4.69) is 10.0 Å². The summed E-state index contributed by atoms with van der Waals surface area (Å²) in [5.41, 5.74) is 0.461. The fourth-order valence-corrected chi connectivity index (χ4v) is 3.61. The van der Waals surface area contributed by atoms with Crippen molar-refractivity contribution in [2.45, 2.75) is 11.3 Å². The van der Waals surface area contributed by atoms with Crippen molar-refractivity contribution in [1.82, 2.24) is 4.72 Å². The fraction of sp³-hybridized carbons (Fsp3) is 0.316. The van der Waals surface area contributed by atoms with Gasteiger partial charge in [-0.05, 0) is 42.8 Å². The summed E-state index contributed by atoms with van der Waals surface area (Å²) in [5, 5.41) is 2.65. The molecule has 1 aliphatic heterocycles. The molecule has 0 radical (unpaired) electrons. The molecule has 0 atom stereocenters. The maximum absolute atomic E-state index is 12.2. The Bertz CT molecular complexity index is 946. The van der Waals surface area contributed by atoms with Crippen molar-refractivity contribution in [3.63, 3.8) is 0 Å². The molecule has 156 valence electrons. The summed E-state index contributed by atoms with van der Waals surface area (Å²) in [6.45, 7) is 0.710. The summed E-state index contributed by atoms with van der Waals surface area (Å²) < 4.78 is 47.7. The van der Waals surface area contributed by atoms with Crippen LogP contribution in [0.4, 0.5) is 5.69 Å². The number of carbonyl (C=O) groups is 1. The van der Waals surface area contributed by atoms with E-state index in [-0.39, 0.29) is 30.7 Å². The van der Waals surface area contributed by atoms with Crippen LogP contribution in [0.15, 0.2) is 47.4 Å². The summed E-state index contributed by atoms with van der Waals surface area (Å²) in [5.74, 6) is 1.29. The highest BCUT2D eigenvalue weighted by Gasteiger charge is 2.15. The molecule has 1 heterocycles. The molecule has 29 heavy (non-hydrogen) atoms. The number of carbonyl (C=O) groups excluding carboxylic acids is 1. The van der Waals surface area contributed by atoms with Gasteiger partial charge in [0.2, 0.25) is 16.8 Å². The minimum Gasteiger partial charge on any atom is -0.484 e. The summed E-state index contributed by atoms with van der Waals surface area (Å²) in [6.07, 6.45) is 0.577. The molecule has 2 aromatic carbocycles. The number of sulfonamides is 1. The molecule has 0 saturated heterocycles. The lowest BCUT2D eigenvalue weighted by Gasteiger charge is -2.10. The second kappa shape index (κ2) is 9.59. The summed E-state index contributed by atoms with van der Waals surface area (Å²) >= 11 is 0. The largest absolute Gasteiger partial charge is 0.484 e. The molecule has 0 unspecified atom stereocenters. The Morgan fingerprint density at radius 1 is 1.10 bits per heavy atom. The first-order chi connectivity index (χ1) is 14.0. The Labute approximate surface area is 169 Å². The van der Waals surface area contributed by atoms with Crippen LogP contribution in [0.25, 0.3) is 0 Å². The summed E-state index contributed by atoms with van der Waals surface area (Å²) in [4.78, 5) is 12.2. The molecule has 0 bridgehead atoms. The Morgan fingerprint density at radius 2 is 1.86 bits per heavy atom. The molecule has 0 aliphatic carbocycles. The third kappa shape index (κ3) is 5.83. The van der Waals surface area contributed by atoms with Crippen molar-refractivity contribution >= 4 is 21.6 Å². The molecule has 10 heteroatoms. The topological polar surface area (TPSA) is 112 Å². The van der Waals surface area contributed by atoms with Gasteiger partial charge in [-0.1, -0.05) is 0 Å². The second-order valence-corrected chi connectivity index (χ2v) is 7.89. The van der Waals surface area contributed by atoms with Crippen LogP contribution in [0, 0.1) is 0 Å². The molecule has 1 amide bonds. The standard InChI is InChI=1S/C19H22N2O7S/c1-25-10-2-9-20-29(23,24)16-6-3-14(4-7-16)21-19(22)12-26-15-5-8-17-18(11-15)28-13-27-17/h3-8,11,20H,2,9-10,12-13H2,1H3,(H,21,22). The van der Waals surface area contributed by atoms with Gasteiger partial charge < -0.3 is 24.3 Å². The Hall–Kier alpha value is -2.82. The first kappa shape index (κ1) is 20.9. The van der Waals surface area contributed by atoms with E-state index in [1.165, 1.54) is 24.3 Å². The van der Waals surface area contributed by atoms with Crippen LogP contribution in [-0.4, -0.2) is 48.0 Å². The monoisotopic (exact) mass is 422 g/mol. The van der Waals surface area contributed by atoms with Crippen LogP contribution in [0.2, 0.25) is 0 Å². The van der Waals surface area contributed by atoms with E-state index in [0.717, 1.165) is 0 Å². The maximum atomic E-state index is 12.2. The molecule has 3 rings (SSSR count). The molecule has 0 saturated carbocycles. The van der Waals surface area contributed by atoms with Crippen LogP contribution >= 0.6 is 0 Å². The minimum absolute atomic E-state index is 0.115. The highest BCUT2D eigenvalue weighted by molar-refractivity contribution is 7.89. The highest BCUT2D eigenvalue weighted by atomic mass is 32.2. The third-order valence-corrected chi connectivity index (χ3v) is 5.46. The van der Waals surface area contributed by atoms with E-state index in [1.54, 1.807) is 25.3 Å². The van der Waals surface area contributed by atoms with E-state index < -0.39 is 10.0 Å². The van der Waals surface area contributed by atoms with Crippen LogP contribution in [0.5, 0.6) is 17.2 Å². The van der Waals surface area contributed by atoms with E-state index in [1.807, 2.05) is 0 Å². The molecule has 1 aliphatic rings. The van der Waals surface area contributed by atoms with E-state index in [0.29, 0.717) is 36.0 Å². The van der Waals surface area contributed by atoms with Gasteiger partial charge in [-0.2, -0.15) is 0 Å². The Balaban J connectivity index is 1.49. The number of amides is 1. The lowest BCUT2D eigenvalue weighted by Crippen LogP contribution is -2.25. The molecule has 0 fully saturated rings. The van der Waals surface area contributed by atoms with Crippen molar-refractivity contribution in [1.29, 1.82) is 0 Å². The SMILES string of the molecule is COCCCNS(=O)(=O)c1ccc(NC(=O)COc2ccc3c(c2)OCO3)cc1. The van der Waals surface area contributed by atoms with Crippen molar-refractivity contribution in [3.8, 4) is 17.2 Å². The summed E-state index contributed by atoms with van der Waals surface area (Å²) in [7, 11) is -2.05. The van der Waals surface area contributed by atoms with Crippen LogP contribution < -0.4 is 24.2 Å². The van der Waals surface area contributed by atoms with E-state index in [9.17, 15) is 13.2 Å². The van der Waals surface area contributed by atoms with Crippen molar-refractivity contribution in [3.05, 3.63) is 42.5 Å².